The van der Waals surface area contributed by atoms with Gasteiger partial charge in [0.2, 0.25) is 5.82 Å². The van der Waals surface area contributed by atoms with Gasteiger partial charge in [0.1, 0.15) is 17.6 Å². The van der Waals surface area contributed by atoms with E-state index in [-0.39, 0.29) is 12.0 Å². The van der Waals surface area contributed by atoms with Crippen LogP contribution in [0, 0.1) is 0 Å². The minimum Gasteiger partial charge on any atom is -0.492 e. The van der Waals surface area contributed by atoms with E-state index in [2.05, 4.69) is 25.9 Å². The van der Waals surface area contributed by atoms with Crippen LogP contribution in [0.5, 0.6) is 11.5 Å². The van der Waals surface area contributed by atoms with Crippen molar-refractivity contribution in [1.82, 2.24) is 20.6 Å². The summed E-state index contributed by atoms with van der Waals surface area (Å²) in [5.74, 6) is 1.67. The van der Waals surface area contributed by atoms with E-state index in [0.717, 1.165) is 23.3 Å². The monoisotopic (exact) mass is 365 g/mol. The Morgan fingerprint density at radius 3 is 2.85 bits per heavy atom. The summed E-state index contributed by atoms with van der Waals surface area (Å²) in [5, 5.41) is 16.7. The van der Waals surface area contributed by atoms with E-state index < -0.39 is 0 Å². The lowest BCUT2D eigenvalue weighted by Gasteiger charge is -2.13. The standard InChI is InChI=1S/C19H19N5O3/c1-3-26-17-9-14-8-11(2)27-16(14)10-15(17)20-19(25)13-6-4-12(5-7-13)18-21-23-24-22-18/h4-7,9-11H,3,8H2,1-2H3,(H,20,25)(H,21,22,23,24)/t11-/m1/s1. The van der Waals surface area contributed by atoms with Crippen LogP contribution in [0.4, 0.5) is 5.69 Å². The fourth-order valence-corrected chi connectivity index (χ4v) is 3.06. The first-order valence-corrected chi connectivity index (χ1v) is 8.75. The Kier molecular flexibility index (Phi) is 4.45. The van der Waals surface area contributed by atoms with Gasteiger partial charge in [0.05, 0.1) is 12.3 Å². The van der Waals surface area contributed by atoms with Crippen LogP contribution in [0.15, 0.2) is 36.4 Å². The van der Waals surface area contributed by atoms with Gasteiger partial charge < -0.3 is 14.8 Å². The predicted octanol–water partition coefficient (Wildman–Crippen LogP) is 2.84. The highest BCUT2D eigenvalue weighted by atomic mass is 16.5. The van der Waals surface area contributed by atoms with E-state index in [1.165, 1.54) is 0 Å². The second-order valence-corrected chi connectivity index (χ2v) is 6.29. The Hall–Kier alpha value is -3.42. The van der Waals surface area contributed by atoms with Gasteiger partial charge in [0.25, 0.3) is 5.91 Å². The molecule has 8 nitrogen and oxygen atoms in total. The zero-order valence-electron chi connectivity index (χ0n) is 15.0. The summed E-state index contributed by atoms with van der Waals surface area (Å²) in [5.41, 5.74) is 2.97. The Morgan fingerprint density at radius 1 is 1.33 bits per heavy atom. The molecule has 0 spiro atoms. The average Bonchev–Trinajstić information content (AvgIpc) is 3.31. The van der Waals surface area contributed by atoms with Crippen LogP contribution in [0.1, 0.15) is 29.8 Å². The fourth-order valence-electron chi connectivity index (χ4n) is 3.06. The molecule has 0 unspecified atom stereocenters. The van der Waals surface area contributed by atoms with Crippen LogP contribution >= 0.6 is 0 Å². The van der Waals surface area contributed by atoms with Crippen molar-refractivity contribution in [2.45, 2.75) is 26.4 Å². The molecule has 2 aromatic carbocycles. The molecule has 0 bridgehead atoms. The number of benzene rings is 2. The van der Waals surface area contributed by atoms with Gasteiger partial charge in [-0.15, -0.1) is 10.2 Å². The van der Waals surface area contributed by atoms with Crippen molar-refractivity contribution in [3.8, 4) is 22.9 Å². The molecule has 1 aromatic heterocycles. The number of nitrogens with zero attached hydrogens (tertiary/aromatic N) is 3. The molecule has 27 heavy (non-hydrogen) atoms. The van der Waals surface area contributed by atoms with Crippen molar-refractivity contribution in [2.75, 3.05) is 11.9 Å². The second kappa shape index (κ2) is 7.06. The maximum Gasteiger partial charge on any atom is 0.255 e. The number of hydrogen-bond acceptors (Lipinski definition) is 6. The summed E-state index contributed by atoms with van der Waals surface area (Å²) in [4.78, 5) is 12.7. The number of aromatic amines is 1. The van der Waals surface area contributed by atoms with Gasteiger partial charge in [0, 0.05) is 29.2 Å². The molecule has 0 aliphatic carbocycles. The summed E-state index contributed by atoms with van der Waals surface area (Å²) in [6.07, 6.45) is 0.958. The van der Waals surface area contributed by atoms with E-state index in [1.807, 2.05) is 26.0 Å². The number of H-pyrrole nitrogens is 1. The highest BCUT2D eigenvalue weighted by Crippen LogP contribution is 2.38. The maximum atomic E-state index is 12.7. The lowest BCUT2D eigenvalue weighted by Crippen LogP contribution is -2.13. The van der Waals surface area contributed by atoms with Gasteiger partial charge >= 0.3 is 0 Å². The molecule has 0 radical (unpaired) electrons. The topological polar surface area (TPSA) is 102 Å². The average molecular weight is 365 g/mol. The van der Waals surface area contributed by atoms with E-state index in [0.29, 0.717) is 29.4 Å². The summed E-state index contributed by atoms with van der Waals surface area (Å²) >= 11 is 0. The molecular weight excluding hydrogens is 346 g/mol. The molecule has 138 valence electrons. The molecular formula is C19H19N5O3. The van der Waals surface area contributed by atoms with Crippen LogP contribution in [-0.2, 0) is 6.42 Å². The van der Waals surface area contributed by atoms with Crippen molar-refractivity contribution in [3.05, 3.63) is 47.5 Å². The van der Waals surface area contributed by atoms with E-state index >= 15 is 0 Å². The SMILES string of the molecule is CCOc1cc2c(cc1NC(=O)c1ccc(-c3nn[nH]n3)cc1)O[C@H](C)C2. The Labute approximate surface area is 155 Å². The number of carbonyl (C=O) groups excluding carboxylic acids is 1. The number of hydrogen-bond donors (Lipinski definition) is 2. The summed E-state index contributed by atoms with van der Waals surface area (Å²) in [6.45, 7) is 4.44. The Bertz CT molecular complexity index is 954. The van der Waals surface area contributed by atoms with Gasteiger partial charge in [-0.25, -0.2) is 0 Å². The molecule has 0 saturated carbocycles. The molecule has 1 aliphatic heterocycles. The highest BCUT2D eigenvalue weighted by molar-refractivity contribution is 6.05. The number of tetrazole rings is 1. The normalized spacial score (nSPS) is 15.1. The molecule has 0 fully saturated rings. The molecule has 1 atom stereocenters. The Morgan fingerprint density at radius 2 is 2.15 bits per heavy atom. The number of carbonyl (C=O) groups is 1. The molecule has 0 saturated heterocycles. The quantitative estimate of drug-likeness (QED) is 0.721. The van der Waals surface area contributed by atoms with Crippen LogP contribution in [-0.4, -0.2) is 39.2 Å². The third kappa shape index (κ3) is 3.46. The molecule has 1 amide bonds. The zero-order valence-corrected chi connectivity index (χ0v) is 15.0. The first kappa shape index (κ1) is 17.0. The van der Waals surface area contributed by atoms with Crippen molar-refractivity contribution >= 4 is 11.6 Å². The number of fused-ring (bicyclic) bond motifs is 1. The summed E-state index contributed by atoms with van der Waals surface area (Å²) in [7, 11) is 0. The summed E-state index contributed by atoms with van der Waals surface area (Å²) in [6, 6.07) is 10.8. The molecule has 4 rings (SSSR count). The highest BCUT2D eigenvalue weighted by Gasteiger charge is 2.22. The second-order valence-electron chi connectivity index (χ2n) is 6.29. The lowest BCUT2D eigenvalue weighted by atomic mass is 10.1. The van der Waals surface area contributed by atoms with Crippen LogP contribution < -0.4 is 14.8 Å². The number of nitrogens with one attached hydrogen (secondary N) is 2. The van der Waals surface area contributed by atoms with Gasteiger partial charge in [-0.2, -0.15) is 5.21 Å². The van der Waals surface area contributed by atoms with Crippen molar-refractivity contribution in [3.63, 3.8) is 0 Å². The maximum absolute atomic E-state index is 12.7. The fraction of sp³-hybridized carbons (Fsp3) is 0.263. The number of aromatic nitrogens is 4. The molecule has 2 N–H and O–H groups in total. The van der Waals surface area contributed by atoms with Gasteiger partial charge in [-0.05, 0) is 37.3 Å². The number of ether oxygens (including phenoxy) is 2. The predicted molar refractivity (Wildman–Crippen MR) is 99.0 cm³/mol. The van der Waals surface area contributed by atoms with E-state index in [9.17, 15) is 4.79 Å². The Balaban J connectivity index is 1.56. The smallest absolute Gasteiger partial charge is 0.255 e. The third-order valence-electron chi connectivity index (χ3n) is 4.30. The van der Waals surface area contributed by atoms with Gasteiger partial charge in [-0.1, -0.05) is 12.1 Å². The lowest BCUT2D eigenvalue weighted by molar-refractivity contribution is 0.102. The van der Waals surface area contributed by atoms with Crippen LogP contribution in [0.25, 0.3) is 11.4 Å². The van der Waals surface area contributed by atoms with Gasteiger partial charge in [-0.3, -0.25) is 4.79 Å². The number of rotatable bonds is 5. The number of anilines is 1. The van der Waals surface area contributed by atoms with Crippen molar-refractivity contribution in [2.24, 2.45) is 0 Å². The molecule has 3 aromatic rings. The largest absolute Gasteiger partial charge is 0.492 e. The number of amides is 1. The van der Waals surface area contributed by atoms with Gasteiger partial charge in [0.15, 0.2) is 0 Å². The first-order chi connectivity index (χ1) is 13.1. The van der Waals surface area contributed by atoms with E-state index in [4.69, 9.17) is 9.47 Å². The molecule has 8 heteroatoms. The zero-order chi connectivity index (χ0) is 18.8. The first-order valence-electron chi connectivity index (χ1n) is 8.75. The summed E-state index contributed by atoms with van der Waals surface area (Å²) < 4.78 is 11.5. The molecule has 2 heterocycles. The third-order valence-corrected chi connectivity index (χ3v) is 4.30. The van der Waals surface area contributed by atoms with Crippen molar-refractivity contribution in [1.29, 1.82) is 0 Å². The van der Waals surface area contributed by atoms with E-state index in [1.54, 1.807) is 24.3 Å². The molecule has 1 aliphatic rings. The minimum atomic E-state index is -0.235. The van der Waals surface area contributed by atoms with Crippen LogP contribution in [0.3, 0.4) is 0 Å². The van der Waals surface area contributed by atoms with Crippen molar-refractivity contribution < 1.29 is 14.3 Å². The van der Waals surface area contributed by atoms with Crippen LogP contribution in [0.2, 0.25) is 0 Å². The minimum absolute atomic E-state index is 0.123.